The van der Waals surface area contributed by atoms with Crippen molar-refractivity contribution in [2.24, 2.45) is 10.6 Å². The Morgan fingerprint density at radius 2 is 2.40 bits per heavy atom. The number of carboxylic acids is 1. The fourth-order valence-corrected chi connectivity index (χ4v) is 1.24. The number of nitrogens with one attached hydrogen (secondary N) is 3. The molecule has 0 saturated carbocycles. The lowest BCUT2D eigenvalue weighted by atomic mass is 10.1. The van der Waals surface area contributed by atoms with Crippen LogP contribution >= 0.6 is 7.15 Å². The zero-order valence-electron chi connectivity index (χ0n) is 7.99. The summed E-state index contributed by atoms with van der Waals surface area (Å²) in [4.78, 5) is 14.3. The van der Waals surface area contributed by atoms with Crippen molar-refractivity contribution in [3.63, 3.8) is 0 Å². The zero-order valence-corrected chi connectivity index (χ0v) is 9.80. The SMILES string of the molecule is N=C(N)NCCCC(NN=[PH]=S)C(=O)O. The molecule has 7 nitrogen and oxygen atoms in total. The van der Waals surface area contributed by atoms with E-state index in [1.807, 2.05) is 0 Å². The molecule has 0 saturated heterocycles. The smallest absolute Gasteiger partial charge is 0.322 e. The minimum Gasteiger partial charge on any atom is -0.480 e. The van der Waals surface area contributed by atoms with Crippen molar-refractivity contribution in [1.82, 2.24) is 10.7 Å². The van der Waals surface area contributed by atoms with E-state index < -0.39 is 12.0 Å². The molecule has 0 aromatic heterocycles. The van der Waals surface area contributed by atoms with E-state index >= 15 is 0 Å². The molecule has 0 aliphatic rings. The molecule has 0 aliphatic carbocycles. The number of nitrogens with two attached hydrogens (primary N) is 1. The maximum absolute atomic E-state index is 10.7. The Kier molecular flexibility index (Phi) is 7.79. The summed E-state index contributed by atoms with van der Waals surface area (Å²) in [5, 5.41) is 18.2. The van der Waals surface area contributed by atoms with Gasteiger partial charge >= 0.3 is 5.97 Å². The first-order valence-electron chi connectivity index (χ1n) is 4.21. The molecular formula is C6H14N5O2PS. The van der Waals surface area contributed by atoms with Gasteiger partial charge in [0.1, 0.15) is 6.04 Å². The van der Waals surface area contributed by atoms with Crippen LogP contribution in [0.5, 0.6) is 0 Å². The molecule has 0 amide bonds. The highest BCUT2D eigenvalue weighted by Crippen LogP contribution is 1.97. The van der Waals surface area contributed by atoms with E-state index in [4.69, 9.17) is 16.2 Å². The molecule has 0 radical (unpaired) electrons. The lowest BCUT2D eigenvalue weighted by Gasteiger charge is -2.10. The number of rotatable bonds is 7. The molecule has 0 fully saturated rings. The van der Waals surface area contributed by atoms with Gasteiger partial charge in [-0.1, -0.05) is 0 Å². The molecular weight excluding hydrogens is 237 g/mol. The highest BCUT2D eigenvalue weighted by atomic mass is 32.4. The van der Waals surface area contributed by atoms with Gasteiger partial charge in [-0.3, -0.25) is 10.2 Å². The van der Waals surface area contributed by atoms with E-state index in [2.05, 4.69) is 27.4 Å². The van der Waals surface area contributed by atoms with Gasteiger partial charge in [-0.15, -0.1) is 0 Å². The van der Waals surface area contributed by atoms with Crippen LogP contribution in [0.1, 0.15) is 12.8 Å². The first-order chi connectivity index (χ1) is 7.07. The molecule has 86 valence electrons. The average Bonchev–Trinajstić information content (AvgIpc) is 2.15. The van der Waals surface area contributed by atoms with Gasteiger partial charge in [0.05, 0.1) is 0 Å². The lowest BCUT2D eigenvalue weighted by molar-refractivity contribution is -0.139. The van der Waals surface area contributed by atoms with Crippen molar-refractivity contribution in [2.45, 2.75) is 18.9 Å². The summed E-state index contributed by atoms with van der Waals surface area (Å²) in [6.07, 6.45) is 0.985. The first kappa shape index (κ1) is 14.0. The van der Waals surface area contributed by atoms with Crippen LogP contribution in [-0.4, -0.2) is 29.6 Å². The minimum atomic E-state index is -0.963. The van der Waals surface area contributed by atoms with Gasteiger partial charge in [-0.2, -0.15) is 10.3 Å². The standard InChI is InChI=1S/C6H14N5O2PS/c7-6(8)9-3-1-2-4(5(12)13)10-11-14-15/h4,10,14H,1-3H2,(H,12,13)(H4,7,8,9). The van der Waals surface area contributed by atoms with Gasteiger partial charge < -0.3 is 16.2 Å². The largest absolute Gasteiger partial charge is 0.480 e. The summed E-state index contributed by atoms with van der Waals surface area (Å²) in [5.41, 5.74) is 7.54. The Morgan fingerprint density at radius 3 is 2.87 bits per heavy atom. The predicted molar refractivity (Wildman–Crippen MR) is 61.8 cm³/mol. The van der Waals surface area contributed by atoms with Crippen LogP contribution in [0, 0.1) is 5.41 Å². The highest BCUT2D eigenvalue weighted by molar-refractivity contribution is 7.92. The molecule has 0 bridgehead atoms. The fraction of sp³-hybridized carbons (Fsp3) is 0.667. The van der Waals surface area contributed by atoms with Crippen molar-refractivity contribution in [1.29, 1.82) is 5.41 Å². The highest BCUT2D eigenvalue weighted by Gasteiger charge is 2.15. The van der Waals surface area contributed by atoms with Crippen LogP contribution in [0.2, 0.25) is 0 Å². The van der Waals surface area contributed by atoms with Crippen molar-refractivity contribution in [3.05, 3.63) is 0 Å². The van der Waals surface area contributed by atoms with Crippen molar-refractivity contribution < 1.29 is 9.90 Å². The molecule has 2 atom stereocenters. The van der Waals surface area contributed by atoms with Crippen LogP contribution in [0.4, 0.5) is 0 Å². The van der Waals surface area contributed by atoms with E-state index in [1.165, 1.54) is 0 Å². The molecule has 0 aromatic carbocycles. The molecule has 0 aromatic rings. The number of hydrogen-bond acceptors (Lipinski definition) is 4. The van der Waals surface area contributed by atoms with Gasteiger partial charge in [0.2, 0.25) is 0 Å². The van der Waals surface area contributed by atoms with Gasteiger partial charge in [0.25, 0.3) is 0 Å². The Labute approximate surface area is 93.5 Å². The maximum atomic E-state index is 10.7. The third kappa shape index (κ3) is 8.04. The number of nitrogens with zero attached hydrogens (tertiary/aromatic N) is 1. The maximum Gasteiger partial charge on any atom is 0.322 e. The summed E-state index contributed by atoms with van der Waals surface area (Å²) < 4.78 is 0. The molecule has 0 heterocycles. The molecule has 0 rings (SSSR count). The third-order valence-electron chi connectivity index (χ3n) is 1.55. The van der Waals surface area contributed by atoms with Gasteiger partial charge in [0, 0.05) is 13.7 Å². The Balaban J connectivity index is 3.81. The summed E-state index contributed by atoms with van der Waals surface area (Å²) in [5.74, 6) is -1.08. The Morgan fingerprint density at radius 1 is 1.73 bits per heavy atom. The second-order valence-electron chi connectivity index (χ2n) is 2.71. The summed E-state index contributed by atoms with van der Waals surface area (Å²) in [6, 6.07) is -0.728. The Hall–Kier alpha value is -0.980. The summed E-state index contributed by atoms with van der Waals surface area (Å²) in [6.45, 7) is 0.469. The predicted octanol–water partition coefficient (Wildman–Crippen LogP) is -0.469. The van der Waals surface area contributed by atoms with Crippen molar-refractivity contribution in [3.8, 4) is 0 Å². The van der Waals surface area contributed by atoms with Crippen LogP contribution in [0.3, 0.4) is 0 Å². The van der Waals surface area contributed by atoms with E-state index in [0.29, 0.717) is 19.4 Å². The van der Waals surface area contributed by atoms with Crippen molar-refractivity contribution in [2.75, 3.05) is 6.54 Å². The first-order valence-corrected chi connectivity index (χ1v) is 6.29. The second-order valence-corrected chi connectivity index (χ2v) is 3.66. The van der Waals surface area contributed by atoms with Crippen LogP contribution < -0.4 is 16.5 Å². The number of carbonyl (C=O) groups is 1. The second kappa shape index (κ2) is 8.34. The van der Waals surface area contributed by atoms with E-state index in [1.54, 1.807) is 0 Å². The van der Waals surface area contributed by atoms with E-state index in [-0.39, 0.29) is 13.1 Å². The van der Waals surface area contributed by atoms with Gasteiger partial charge in [-0.05, 0) is 24.6 Å². The fourth-order valence-electron chi connectivity index (χ4n) is 0.877. The molecule has 2 unspecified atom stereocenters. The third-order valence-corrected chi connectivity index (χ3v) is 2.04. The van der Waals surface area contributed by atoms with Crippen LogP contribution in [0.15, 0.2) is 4.85 Å². The average molecular weight is 251 g/mol. The number of aliphatic carboxylic acids is 1. The van der Waals surface area contributed by atoms with E-state index in [9.17, 15) is 4.79 Å². The normalized spacial score (nSPS) is 12.0. The van der Waals surface area contributed by atoms with E-state index in [0.717, 1.165) is 0 Å². The van der Waals surface area contributed by atoms with Crippen molar-refractivity contribution >= 4 is 30.9 Å². The number of carboxylic acid groups (broad SMARTS) is 1. The van der Waals surface area contributed by atoms with Crippen LogP contribution in [-0.2, 0) is 16.6 Å². The zero-order chi connectivity index (χ0) is 11.7. The monoisotopic (exact) mass is 251 g/mol. The molecule has 0 aliphatic heterocycles. The quantitative estimate of drug-likeness (QED) is 0.137. The van der Waals surface area contributed by atoms with Gasteiger partial charge in [0.15, 0.2) is 5.96 Å². The molecule has 15 heavy (non-hydrogen) atoms. The lowest BCUT2D eigenvalue weighted by Crippen LogP contribution is -2.35. The summed E-state index contributed by atoms with van der Waals surface area (Å²) >= 11 is 4.58. The molecule has 6 N–H and O–H groups in total. The number of hydrogen-bond donors (Lipinski definition) is 5. The summed E-state index contributed by atoms with van der Waals surface area (Å²) in [7, 11) is -0.0912. The topological polar surface area (TPSA) is 124 Å². The van der Waals surface area contributed by atoms with Gasteiger partial charge in [-0.25, -0.2) is 0 Å². The Bertz CT molecular complexity index is 281. The number of guanidine groups is 1. The molecule has 0 spiro atoms. The van der Waals surface area contributed by atoms with Crippen LogP contribution in [0.25, 0.3) is 0 Å². The minimum absolute atomic E-state index is 0.0912. The molecule has 9 heteroatoms.